The number of esters is 1. The summed E-state index contributed by atoms with van der Waals surface area (Å²) in [5, 5.41) is 2.99. The highest BCUT2D eigenvalue weighted by Gasteiger charge is 2.21. The highest BCUT2D eigenvalue weighted by molar-refractivity contribution is 9.09. The number of halogens is 1. The minimum Gasteiger partial charge on any atom is -0.463 e. The number of nitrogens with one attached hydrogen (secondary N) is 1. The number of carbonyl (C=O) groups is 2. The third kappa shape index (κ3) is 3.63. The summed E-state index contributed by atoms with van der Waals surface area (Å²) in [7, 11) is 0. The number of ether oxygens (including phenoxy) is 1. The van der Waals surface area contributed by atoms with Gasteiger partial charge in [-0.15, -0.1) is 0 Å². The zero-order valence-corrected chi connectivity index (χ0v) is 10.9. The predicted molar refractivity (Wildman–Crippen MR) is 64.1 cm³/mol. The van der Waals surface area contributed by atoms with Gasteiger partial charge >= 0.3 is 5.97 Å². The number of amides is 1. The topological polar surface area (TPSA) is 55.4 Å². The van der Waals surface area contributed by atoms with Crippen molar-refractivity contribution in [2.24, 2.45) is 0 Å². The highest BCUT2D eigenvalue weighted by atomic mass is 79.9. The second-order valence-corrected chi connectivity index (χ2v) is 4.13. The first-order valence-corrected chi connectivity index (χ1v) is 6.56. The molecule has 0 bridgehead atoms. The van der Waals surface area contributed by atoms with Gasteiger partial charge in [-0.25, -0.2) is 4.79 Å². The maximum Gasteiger partial charge on any atom is 0.335 e. The number of carbonyl (C=O) groups excluding carboxylic acids is 2. The normalized spacial score (nSPS) is 15.9. The molecule has 5 heteroatoms. The molecule has 0 saturated carbocycles. The average molecular weight is 290 g/mol. The Bertz CT molecular complexity index is 312. The van der Waals surface area contributed by atoms with Crippen molar-refractivity contribution >= 4 is 27.8 Å². The molecule has 16 heavy (non-hydrogen) atoms. The van der Waals surface area contributed by atoms with Gasteiger partial charge in [-0.1, -0.05) is 15.9 Å². The summed E-state index contributed by atoms with van der Waals surface area (Å²) < 4.78 is 4.97. The molecule has 1 rings (SSSR count). The molecule has 0 radical (unpaired) electrons. The van der Waals surface area contributed by atoms with Crippen LogP contribution in [0.4, 0.5) is 0 Å². The van der Waals surface area contributed by atoms with Crippen molar-refractivity contribution < 1.29 is 14.3 Å². The summed E-state index contributed by atoms with van der Waals surface area (Å²) in [6.07, 6.45) is 3.41. The van der Waals surface area contributed by atoms with E-state index in [4.69, 9.17) is 4.74 Å². The number of allylic oxidation sites excluding steroid dienone is 1. The molecular weight excluding hydrogens is 274 g/mol. The van der Waals surface area contributed by atoms with Crippen LogP contribution >= 0.6 is 15.9 Å². The smallest absolute Gasteiger partial charge is 0.335 e. The van der Waals surface area contributed by atoms with E-state index in [0.717, 1.165) is 25.0 Å². The van der Waals surface area contributed by atoms with Crippen molar-refractivity contribution in [2.45, 2.75) is 32.6 Å². The first-order valence-electron chi connectivity index (χ1n) is 5.44. The molecule has 0 aromatic carbocycles. The Kier molecular flexibility index (Phi) is 5.52. The van der Waals surface area contributed by atoms with Crippen LogP contribution in [0.5, 0.6) is 0 Å². The van der Waals surface area contributed by atoms with Crippen molar-refractivity contribution in [2.75, 3.05) is 11.9 Å². The molecule has 1 aliphatic carbocycles. The maximum absolute atomic E-state index is 11.6. The first-order chi connectivity index (χ1) is 7.69. The molecule has 1 amide bonds. The molecule has 0 saturated heterocycles. The molecule has 0 unspecified atom stereocenters. The van der Waals surface area contributed by atoms with Crippen LogP contribution in [0, 0.1) is 0 Å². The van der Waals surface area contributed by atoms with Gasteiger partial charge in [0.25, 0.3) is 0 Å². The second kappa shape index (κ2) is 6.68. The van der Waals surface area contributed by atoms with Gasteiger partial charge in [0.15, 0.2) is 0 Å². The lowest BCUT2D eigenvalue weighted by molar-refractivity contribution is -0.138. The number of hydrogen-bond donors (Lipinski definition) is 1. The molecule has 0 aliphatic heterocycles. The number of hydrogen-bond acceptors (Lipinski definition) is 3. The summed E-state index contributed by atoms with van der Waals surface area (Å²) in [5.41, 5.74) is 1.36. The average Bonchev–Trinajstić information content (AvgIpc) is 2.30. The first kappa shape index (κ1) is 13.2. The second-order valence-electron chi connectivity index (χ2n) is 3.57. The van der Waals surface area contributed by atoms with E-state index in [1.807, 2.05) is 0 Å². The van der Waals surface area contributed by atoms with Gasteiger partial charge in [-0.3, -0.25) is 4.79 Å². The van der Waals surface area contributed by atoms with E-state index < -0.39 is 0 Å². The molecule has 0 aromatic rings. The van der Waals surface area contributed by atoms with Crippen molar-refractivity contribution in [1.82, 2.24) is 5.32 Å². The van der Waals surface area contributed by atoms with Crippen molar-refractivity contribution in [1.29, 1.82) is 0 Å². The molecule has 1 aliphatic rings. The monoisotopic (exact) mass is 289 g/mol. The van der Waals surface area contributed by atoms with Gasteiger partial charge in [0, 0.05) is 5.70 Å². The summed E-state index contributed by atoms with van der Waals surface area (Å²) in [5.74, 6) is -0.425. The fourth-order valence-corrected chi connectivity index (χ4v) is 1.83. The molecular formula is C11H16BrNO3. The molecule has 0 heterocycles. The van der Waals surface area contributed by atoms with Crippen molar-refractivity contribution in [3.63, 3.8) is 0 Å². The van der Waals surface area contributed by atoms with Crippen molar-refractivity contribution in [3.8, 4) is 0 Å². The van der Waals surface area contributed by atoms with E-state index in [2.05, 4.69) is 21.2 Å². The maximum atomic E-state index is 11.6. The van der Waals surface area contributed by atoms with Crippen LogP contribution in [0.3, 0.4) is 0 Å². The summed E-state index contributed by atoms with van der Waals surface area (Å²) in [4.78, 5) is 22.9. The highest BCUT2D eigenvalue weighted by Crippen LogP contribution is 2.24. The Morgan fingerprint density at radius 3 is 2.69 bits per heavy atom. The van der Waals surface area contributed by atoms with Crippen LogP contribution < -0.4 is 5.32 Å². The Labute approximate surface area is 104 Å². The Hall–Kier alpha value is -0.840. The lowest BCUT2D eigenvalue weighted by Crippen LogP contribution is -2.28. The van der Waals surface area contributed by atoms with Crippen LogP contribution in [-0.2, 0) is 14.3 Å². The van der Waals surface area contributed by atoms with E-state index in [0.29, 0.717) is 18.6 Å². The molecule has 0 fully saturated rings. The van der Waals surface area contributed by atoms with Crippen LogP contribution in [0.15, 0.2) is 11.3 Å². The van der Waals surface area contributed by atoms with Gasteiger partial charge < -0.3 is 10.1 Å². The fraction of sp³-hybridized carbons (Fsp3) is 0.636. The number of alkyl halides is 1. The van der Waals surface area contributed by atoms with E-state index in [9.17, 15) is 9.59 Å². The van der Waals surface area contributed by atoms with Gasteiger partial charge in [0.2, 0.25) is 5.91 Å². The zero-order chi connectivity index (χ0) is 12.0. The zero-order valence-electron chi connectivity index (χ0n) is 9.35. The van der Waals surface area contributed by atoms with Crippen molar-refractivity contribution in [3.05, 3.63) is 11.3 Å². The van der Waals surface area contributed by atoms with Crippen LogP contribution in [0.2, 0.25) is 0 Å². The lowest BCUT2D eigenvalue weighted by atomic mass is 9.96. The lowest BCUT2D eigenvalue weighted by Gasteiger charge is -2.19. The van der Waals surface area contributed by atoms with Crippen LogP contribution in [-0.4, -0.2) is 23.8 Å². The quantitative estimate of drug-likeness (QED) is 0.635. The van der Waals surface area contributed by atoms with Gasteiger partial charge in [0.05, 0.1) is 17.5 Å². The molecule has 1 N–H and O–H groups in total. The molecule has 90 valence electrons. The fourth-order valence-electron chi connectivity index (χ4n) is 1.69. The van der Waals surface area contributed by atoms with Gasteiger partial charge in [0.1, 0.15) is 0 Å². The molecule has 0 aromatic heterocycles. The SMILES string of the molecule is CCOC(=O)C1=C(NC(=O)CBr)CCCC1. The Morgan fingerprint density at radius 1 is 1.38 bits per heavy atom. The number of rotatable bonds is 4. The van der Waals surface area contributed by atoms with Crippen LogP contribution in [0.1, 0.15) is 32.6 Å². The summed E-state index contributed by atoms with van der Waals surface area (Å²) >= 11 is 3.08. The van der Waals surface area contributed by atoms with Crippen LogP contribution in [0.25, 0.3) is 0 Å². The molecule has 0 atom stereocenters. The summed E-state index contributed by atoms with van der Waals surface area (Å²) in [6.45, 7) is 2.14. The third-order valence-electron chi connectivity index (χ3n) is 2.40. The third-order valence-corrected chi connectivity index (χ3v) is 2.91. The van der Waals surface area contributed by atoms with Gasteiger partial charge in [-0.2, -0.15) is 0 Å². The van der Waals surface area contributed by atoms with E-state index in [1.54, 1.807) is 6.92 Å². The minimum absolute atomic E-state index is 0.126. The largest absolute Gasteiger partial charge is 0.463 e. The minimum atomic E-state index is -0.299. The summed E-state index contributed by atoms with van der Waals surface area (Å²) in [6, 6.07) is 0. The Morgan fingerprint density at radius 2 is 2.06 bits per heavy atom. The van der Waals surface area contributed by atoms with E-state index >= 15 is 0 Å². The Balaban J connectivity index is 2.78. The van der Waals surface area contributed by atoms with E-state index in [1.165, 1.54) is 0 Å². The molecule has 0 spiro atoms. The van der Waals surface area contributed by atoms with E-state index in [-0.39, 0.29) is 17.2 Å². The predicted octanol–water partition coefficient (Wildman–Crippen LogP) is 1.89. The standard InChI is InChI=1S/C11H16BrNO3/c1-2-16-11(15)8-5-3-4-6-9(8)13-10(14)7-12/h2-7H2,1H3,(H,13,14). The molecule has 4 nitrogen and oxygen atoms in total. The van der Waals surface area contributed by atoms with Gasteiger partial charge in [-0.05, 0) is 32.6 Å².